The lowest BCUT2D eigenvalue weighted by Gasteiger charge is -2.27. The van der Waals surface area contributed by atoms with E-state index >= 15 is 0 Å². The summed E-state index contributed by atoms with van der Waals surface area (Å²) < 4.78 is 7.99. The van der Waals surface area contributed by atoms with Crippen LogP contribution in [0.3, 0.4) is 0 Å². The number of hydrogen-bond donors (Lipinski definition) is 4. The fourth-order valence-electron chi connectivity index (χ4n) is 5.14. The highest BCUT2D eigenvalue weighted by atomic mass is 32.1. The minimum absolute atomic E-state index is 0.00124. The second kappa shape index (κ2) is 13.4. The third kappa shape index (κ3) is 6.42. The lowest BCUT2D eigenvalue weighted by Crippen LogP contribution is -3.11. The highest BCUT2D eigenvalue weighted by Gasteiger charge is 2.40. The summed E-state index contributed by atoms with van der Waals surface area (Å²) in [5.41, 5.74) is 4.73. The Morgan fingerprint density at radius 3 is 2.43 bits per heavy atom. The van der Waals surface area contributed by atoms with E-state index in [1.807, 2.05) is 116 Å². The molecule has 222 valence electrons. The summed E-state index contributed by atoms with van der Waals surface area (Å²) in [6.45, 7) is 6.68. The van der Waals surface area contributed by atoms with Crippen molar-refractivity contribution in [3.05, 3.63) is 126 Å². The molecule has 4 aromatic carbocycles. The zero-order chi connectivity index (χ0) is 31.1. The van der Waals surface area contributed by atoms with Crippen LogP contribution in [0.25, 0.3) is 0 Å². The number of quaternary nitrogens is 1. The van der Waals surface area contributed by atoms with Crippen LogP contribution < -0.4 is 20.3 Å². The first-order valence-corrected chi connectivity index (χ1v) is 14.8. The van der Waals surface area contributed by atoms with Crippen LogP contribution in [0.15, 0.2) is 120 Å². The van der Waals surface area contributed by atoms with Crippen LogP contribution >= 0.6 is 0 Å². The van der Waals surface area contributed by atoms with Gasteiger partial charge in [-0.25, -0.2) is 0 Å². The van der Waals surface area contributed by atoms with Crippen LogP contribution in [0.4, 0.5) is 22.7 Å². The van der Waals surface area contributed by atoms with Gasteiger partial charge in [-0.05, 0) is 50.6 Å². The quantitative estimate of drug-likeness (QED) is 0.0557. The van der Waals surface area contributed by atoms with Gasteiger partial charge in [-0.2, -0.15) is 10.2 Å². The number of aliphatic hydroxyl groups is 1. The first kappa shape index (κ1) is 30.3. The third-order valence-electron chi connectivity index (χ3n) is 7.44. The average molecular weight is 604 g/mol. The van der Waals surface area contributed by atoms with Crippen LogP contribution in [0.2, 0.25) is 0 Å². The number of aliphatic hydroxyl groups excluding tert-OH is 1. The van der Waals surface area contributed by atoms with Gasteiger partial charge in [-0.15, -0.1) is 0 Å². The maximum Gasteiger partial charge on any atom is 0.415 e. The van der Waals surface area contributed by atoms with Crippen LogP contribution in [-0.4, -0.2) is 34.1 Å². The van der Waals surface area contributed by atoms with Gasteiger partial charge in [0, 0.05) is 63.5 Å². The number of allylic oxidation sites excluding steroid dienone is 2. The molecule has 4 aromatic rings. The molecule has 1 atom stereocenters. The maximum absolute atomic E-state index is 10.5. The number of ether oxygens (including phenoxy) is 1. The summed E-state index contributed by atoms with van der Waals surface area (Å²) in [7, 11) is 0. The van der Waals surface area contributed by atoms with Crippen molar-refractivity contribution in [1.82, 2.24) is 0 Å². The molecule has 0 saturated heterocycles. The number of nitriles is 1. The molecule has 0 radical (unpaired) electrons. The van der Waals surface area contributed by atoms with Gasteiger partial charge in [0.2, 0.25) is 5.69 Å². The van der Waals surface area contributed by atoms with E-state index < -0.39 is 5.41 Å². The van der Waals surface area contributed by atoms with Gasteiger partial charge in [-0.3, -0.25) is 0 Å². The van der Waals surface area contributed by atoms with Crippen LogP contribution in [0.1, 0.15) is 31.9 Å². The number of amidine groups is 2. The van der Waals surface area contributed by atoms with E-state index in [4.69, 9.17) is 27.7 Å². The van der Waals surface area contributed by atoms with E-state index in [1.165, 1.54) is 6.08 Å². The van der Waals surface area contributed by atoms with E-state index in [2.05, 4.69) is 28.8 Å². The molecule has 0 saturated carbocycles. The summed E-state index contributed by atoms with van der Waals surface area (Å²) >= 11 is 5.82. The smallest absolute Gasteiger partial charge is 0.415 e. The Kier molecular flexibility index (Phi) is 9.24. The molecule has 9 heteroatoms. The highest BCUT2D eigenvalue weighted by molar-refractivity contribution is 7.76. The molecule has 0 amide bonds. The SMILES string of the molecule is CCNc1cc(OCNc2cccc([NH+]3C([S-])=N[N+](c4ccccc4)=C3c3ccccc3)c2)ccc1C(C)(C)/C(O)=C/C#N. The van der Waals surface area contributed by atoms with E-state index in [-0.39, 0.29) is 12.5 Å². The molecule has 1 aliphatic heterocycles. The van der Waals surface area contributed by atoms with E-state index in [0.717, 1.165) is 44.6 Å². The van der Waals surface area contributed by atoms with Crippen molar-refractivity contribution in [2.75, 3.05) is 23.9 Å². The Hall–Kier alpha value is -5.17. The van der Waals surface area contributed by atoms with Crippen molar-refractivity contribution in [2.45, 2.75) is 26.2 Å². The van der Waals surface area contributed by atoms with Crippen LogP contribution in [-0.2, 0) is 18.0 Å². The van der Waals surface area contributed by atoms with E-state index in [1.54, 1.807) is 0 Å². The molecule has 0 aliphatic carbocycles. The van der Waals surface area contributed by atoms with Crippen LogP contribution in [0.5, 0.6) is 5.75 Å². The van der Waals surface area contributed by atoms with Crippen molar-refractivity contribution in [1.29, 1.82) is 5.26 Å². The van der Waals surface area contributed by atoms with Crippen molar-refractivity contribution in [3.8, 4) is 11.8 Å². The first-order valence-electron chi connectivity index (χ1n) is 14.4. The van der Waals surface area contributed by atoms with E-state index in [0.29, 0.717) is 17.5 Å². The number of rotatable bonds is 11. The zero-order valence-corrected chi connectivity index (χ0v) is 25.7. The molecular formula is C35H35N6O2S+. The van der Waals surface area contributed by atoms with Gasteiger partial charge in [0.25, 0.3) is 0 Å². The lowest BCUT2D eigenvalue weighted by atomic mass is 9.81. The number of anilines is 2. The summed E-state index contributed by atoms with van der Waals surface area (Å²) in [6.07, 6.45) is 1.17. The number of hydrazone groups is 1. The number of nitrogens with one attached hydrogen (secondary N) is 3. The summed E-state index contributed by atoms with van der Waals surface area (Å²) in [6, 6.07) is 35.8. The van der Waals surface area contributed by atoms with Crippen molar-refractivity contribution >= 4 is 46.4 Å². The molecule has 0 fully saturated rings. The largest absolute Gasteiger partial charge is 0.693 e. The molecule has 4 N–H and O–H groups in total. The molecule has 0 spiro atoms. The van der Waals surface area contributed by atoms with Gasteiger partial charge < -0.3 is 33.1 Å². The maximum atomic E-state index is 10.5. The third-order valence-corrected chi connectivity index (χ3v) is 7.73. The zero-order valence-electron chi connectivity index (χ0n) is 24.9. The Morgan fingerprint density at radius 1 is 1.00 bits per heavy atom. The van der Waals surface area contributed by atoms with Crippen LogP contribution in [0, 0.1) is 11.3 Å². The standard InChI is InChI=1S/C35H34N6O2S/c1-4-37-31-23-29(18-19-30(31)35(2,3)32(42)20-21-36)43-24-38-26-14-11-17-28(22-26)40-33(25-12-7-5-8-13-25)41(39-34(40)44)27-15-9-6-10-16-27/h5-20,22-23,37-38H,4,24H2,1-3H3,(H-,39,42,44)/p+1/b32-20-. The van der Waals surface area contributed by atoms with E-state index in [9.17, 15) is 5.11 Å². The predicted molar refractivity (Wildman–Crippen MR) is 178 cm³/mol. The Bertz CT molecular complexity index is 1760. The minimum atomic E-state index is -0.749. The molecular weight excluding hydrogens is 568 g/mol. The fraction of sp³-hybridized carbons (Fsp3) is 0.171. The summed E-state index contributed by atoms with van der Waals surface area (Å²) in [5, 5.41) is 31.5. The summed E-state index contributed by atoms with van der Waals surface area (Å²) in [4.78, 5) is 0.891. The normalized spacial score (nSPS) is 15.0. The number of hydrogen-bond acceptors (Lipinski definition) is 7. The van der Waals surface area contributed by atoms with Gasteiger partial charge in [-0.1, -0.05) is 48.5 Å². The molecule has 1 unspecified atom stereocenters. The Balaban J connectivity index is 1.37. The van der Waals surface area contributed by atoms with Crippen molar-refractivity contribution in [2.24, 2.45) is 5.10 Å². The molecule has 44 heavy (non-hydrogen) atoms. The summed E-state index contributed by atoms with van der Waals surface area (Å²) in [5.74, 6) is 1.60. The van der Waals surface area contributed by atoms with Gasteiger partial charge in [0.1, 0.15) is 22.8 Å². The predicted octanol–water partition coefficient (Wildman–Crippen LogP) is 5.95. The molecule has 8 nitrogen and oxygen atoms in total. The Morgan fingerprint density at radius 2 is 1.73 bits per heavy atom. The van der Waals surface area contributed by atoms with Gasteiger partial charge in [0.15, 0.2) is 11.9 Å². The molecule has 0 aromatic heterocycles. The number of nitrogens with zero attached hydrogens (tertiary/aromatic N) is 3. The molecule has 5 rings (SSSR count). The minimum Gasteiger partial charge on any atom is -0.693 e. The first-order chi connectivity index (χ1) is 21.3. The molecule has 1 aliphatic rings. The molecule has 1 heterocycles. The van der Waals surface area contributed by atoms with Gasteiger partial charge >= 0.3 is 5.84 Å². The number of benzene rings is 4. The highest BCUT2D eigenvalue weighted by Crippen LogP contribution is 2.37. The van der Waals surface area contributed by atoms with Crippen molar-refractivity contribution < 1.29 is 19.4 Å². The second-order valence-electron chi connectivity index (χ2n) is 10.7. The molecule has 0 bridgehead atoms. The Labute approximate surface area is 263 Å². The topological polar surface area (TPSA) is 97.1 Å². The lowest BCUT2D eigenvalue weighted by molar-refractivity contribution is -0.635. The van der Waals surface area contributed by atoms with Gasteiger partial charge in [0.05, 0.1) is 12.1 Å². The number of para-hydroxylation sites is 1. The second-order valence-corrected chi connectivity index (χ2v) is 11.1. The fourth-order valence-corrected chi connectivity index (χ4v) is 5.43. The van der Waals surface area contributed by atoms with Crippen molar-refractivity contribution in [3.63, 3.8) is 0 Å². The monoisotopic (exact) mass is 603 g/mol. The average Bonchev–Trinajstić information content (AvgIpc) is 3.39.